The predicted octanol–water partition coefficient (Wildman–Crippen LogP) is 0.576. The van der Waals surface area contributed by atoms with Crippen molar-refractivity contribution < 1.29 is 13.3 Å². The molecule has 0 heterocycles. The summed E-state index contributed by atoms with van der Waals surface area (Å²) in [7, 11) is -0.248. The lowest BCUT2D eigenvalue weighted by Gasteiger charge is -2.11. The highest BCUT2D eigenvalue weighted by Gasteiger charge is 2.12. The third-order valence-electron chi connectivity index (χ3n) is 2.54. The third-order valence-corrected chi connectivity index (χ3v) is 4.38. The lowest BCUT2D eigenvalue weighted by Crippen LogP contribution is -2.31. The van der Waals surface area contributed by atoms with Gasteiger partial charge >= 0.3 is 0 Å². The number of rotatable bonds is 7. The van der Waals surface area contributed by atoms with E-state index in [4.69, 9.17) is 0 Å². The van der Waals surface area contributed by atoms with Crippen molar-refractivity contribution in [3.8, 4) is 0 Å². The second kappa shape index (κ2) is 6.60. The normalized spacial score (nSPS) is 11.7. The summed E-state index contributed by atoms with van der Waals surface area (Å²) >= 11 is 0. The summed E-state index contributed by atoms with van der Waals surface area (Å²) in [6.45, 7) is 0.688. The van der Waals surface area contributed by atoms with E-state index in [1.165, 1.54) is 30.5 Å². The highest BCUT2D eigenvalue weighted by atomic mass is 32.2. The average molecular weight is 287 g/mol. The van der Waals surface area contributed by atoms with Crippen LogP contribution in [0, 0.1) is 10.1 Å². The minimum Gasteiger partial charge on any atom is -0.312 e. The van der Waals surface area contributed by atoms with Gasteiger partial charge in [-0.15, -0.1) is 0 Å². The molecule has 0 atom stereocenters. The molecular formula is C11H17N3O4S. The Balaban J connectivity index is 2.46. The Hall–Kier alpha value is -1.51. The maximum absolute atomic E-state index is 11.5. The van der Waals surface area contributed by atoms with Crippen molar-refractivity contribution in [2.24, 2.45) is 0 Å². The van der Waals surface area contributed by atoms with Gasteiger partial charge in [-0.05, 0) is 5.56 Å². The molecule has 1 aromatic carbocycles. The Kier molecular flexibility index (Phi) is 5.40. The standard InChI is InChI=1S/C11H17N3O4S/c1-13(2)19(17,18)7-6-12-9-10-4-3-5-11(8-10)14(15)16/h3-5,8,12H,6-7,9H2,1-2H3. The summed E-state index contributed by atoms with van der Waals surface area (Å²) in [6, 6.07) is 6.24. The molecule has 1 aromatic rings. The van der Waals surface area contributed by atoms with E-state index in [1.54, 1.807) is 12.1 Å². The summed E-state index contributed by atoms with van der Waals surface area (Å²) in [4.78, 5) is 10.1. The molecule has 0 aliphatic heterocycles. The van der Waals surface area contributed by atoms with E-state index in [0.29, 0.717) is 13.1 Å². The van der Waals surface area contributed by atoms with Crippen molar-refractivity contribution in [2.45, 2.75) is 6.54 Å². The van der Waals surface area contributed by atoms with E-state index < -0.39 is 14.9 Å². The van der Waals surface area contributed by atoms with Crippen LogP contribution in [-0.4, -0.2) is 44.0 Å². The molecule has 7 nitrogen and oxygen atoms in total. The molecule has 8 heteroatoms. The predicted molar refractivity (Wildman–Crippen MR) is 72.3 cm³/mol. The number of sulfonamides is 1. The molecule has 0 amide bonds. The first-order valence-corrected chi connectivity index (χ1v) is 7.28. The molecule has 0 bridgehead atoms. The maximum atomic E-state index is 11.5. The van der Waals surface area contributed by atoms with Crippen LogP contribution in [0.2, 0.25) is 0 Å². The molecular weight excluding hydrogens is 270 g/mol. The summed E-state index contributed by atoms with van der Waals surface area (Å²) in [5, 5.41) is 13.5. The van der Waals surface area contributed by atoms with Crippen LogP contribution >= 0.6 is 0 Å². The molecule has 0 aliphatic rings. The fourth-order valence-electron chi connectivity index (χ4n) is 1.40. The molecule has 0 spiro atoms. The summed E-state index contributed by atoms with van der Waals surface area (Å²) < 4.78 is 24.1. The van der Waals surface area contributed by atoms with Gasteiger partial charge in [0.25, 0.3) is 5.69 Å². The van der Waals surface area contributed by atoms with Gasteiger partial charge in [-0.25, -0.2) is 12.7 Å². The van der Waals surface area contributed by atoms with Crippen molar-refractivity contribution in [3.63, 3.8) is 0 Å². The summed E-state index contributed by atoms with van der Waals surface area (Å²) in [5.74, 6) is -0.00503. The fourth-order valence-corrected chi connectivity index (χ4v) is 2.16. The summed E-state index contributed by atoms with van der Waals surface area (Å²) in [6.07, 6.45) is 0. The minimum absolute atomic E-state index is 0.00503. The number of hydrogen-bond donors (Lipinski definition) is 1. The van der Waals surface area contributed by atoms with Gasteiger partial charge in [0, 0.05) is 39.3 Å². The zero-order chi connectivity index (χ0) is 14.5. The van der Waals surface area contributed by atoms with Crippen LogP contribution in [0.15, 0.2) is 24.3 Å². The number of benzene rings is 1. The average Bonchev–Trinajstić information content (AvgIpc) is 2.35. The number of nitrogens with zero attached hydrogens (tertiary/aromatic N) is 2. The number of nitro benzene ring substituents is 1. The van der Waals surface area contributed by atoms with Crippen LogP contribution in [0.3, 0.4) is 0 Å². The largest absolute Gasteiger partial charge is 0.312 e. The lowest BCUT2D eigenvalue weighted by molar-refractivity contribution is -0.384. The first-order valence-electron chi connectivity index (χ1n) is 5.67. The topological polar surface area (TPSA) is 92.6 Å². The number of non-ortho nitro benzene ring substituents is 1. The Morgan fingerprint density at radius 1 is 1.37 bits per heavy atom. The van der Waals surface area contributed by atoms with Crippen molar-refractivity contribution in [3.05, 3.63) is 39.9 Å². The van der Waals surface area contributed by atoms with Crippen LogP contribution in [0.5, 0.6) is 0 Å². The van der Waals surface area contributed by atoms with E-state index >= 15 is 0 Å². The van der Waals surface area contributed by atoms with Gasteiger partial charge in [-0.1, -0.05) is 12.1 Å². The molecule has 0 aromatic heterocycles. The minimum atomic E-state index is -3.21. The van der Waals surface area contributed by atoms with Crippen LogP contribution in [0.25, 0.3) is 0 Å². The summed E-state index contributed by atoms with van der Waals surface area (Å²) in [5.41, 5.74) is 0.775. The van der Waals surface area contributed by atoms with Crippen molar-refractivity contribution >= 4 is 15.7 Å². The molecule has 106 valence electrons. The second-order valence-electron chi connectivity index (χ2n) is 4.20. The van der Waals surface area contributed by atoms with Crippen molar-refractivity contribution in [1.82, 2.24) is 9.62 Å². The first kappa shape index (κ1) is 15.5. The van der Waals surface area contributed by atoms with Gasteiger partial charge in [0.2, 0.25) is 10.0 Å². The molecule has 0 unspecified atom stereocenters. The highest BCUT2D eigenvalue weighted by Crippen LogP contribution is 2.12. The monoisotopic (exact) mass is 287 g/mol. The van der Waals surface area contributed by atoms with Gasteiger partial charge in [-0.3, -0.25) is 10.1 Å². The molecule has 1 rings (SSSR count). The number of hydrogen-bond acceptors (Lipinski definition) is 5. The second-order valence-corrected chi connectivity index (χ2v) is 6.50. The SMILES string of the molecule is CN(C)S(=O)(=O)CCNCc1cccc([N+](=O)[O-])c1. The molecule has 0 fully saturated rings. The third kappa shape index (κ3) is 4.93. The number of nitrogens with one attached hydrogen (secondary N) is 1. The lowest BCUT2D eigenvalue weighted by atomic mass is 10.2. The smallest absolute Gasteiger partial charge is 0.269 e. The zero-order valence-corrected chi connectivity index (χ0v) is 11.7. The van der Waals surface area contributed by atoms with Crippen LogP contribution in [-0.2, 0) is 16.6 Å². The molecule has 1 N–H and O–H groups in total. The van der Waals surface area contributed by atoms with E-state index in [0.717, 1.165) is 5.56 Å². The van der Waals surface area contributed by atoms with Crippen molar-refractivity contribution in [2.75, 3.05) is 26.4 Å². The Morgan fingerprint density at radius 2 is 2.05 bits per heavy atom. The molecule has 0 saturated carbocycles. The van der Waals surface area contributed by atoms with E-state index in [9.17, 15) is 18.5 Å². The fraction of sp³-hybridized carbons (Fsp3) is 0.455. The Labute approximate surface area is 112 Å². The molecule has 0 saturated heterocycles. The van der Waals surface area contributed by atoms with Crippen LogP contribution in [0.4, 0.5) is 5.69 Å². The van der Waals surface area contributed by atoms with E-state index in [-0.39, 0.29) is 11.4 Å². The quantitative estimate of drug-likeness (QED) is 0.450. The van der Waals surface area contributed by atoms with E-state index in [2.05, 4.69) is 5.32 Å². The molecule has 0 radical (unpaired) electrons. The maximum Gasteiger partial charge on any atom is 0.269 e. The Bertz CT molecular complexity index is 543. The van der Waals surface area contributed by atoms with Gasteiger partial charge < -0.3 is 5.32 Å². The zero-order valence-electron chi connectivity index (χ0n) is 10.9. The van der Waals surface area contributed by atoms with Crippen LogP contribution < -0.4 is 5.32 Å². The molecule has 0 aliphatic carbocycles. The van der Waals surface area contributed by atoms with Gasteiger partial charge in [0.1, 0.15) is 0 Å². The molecule has 19 heavy (non-hydrogen) atoms. The first-order chi connectivity index (χ1) is 8.83. The highest BCUT2D eigenvalue weighted by molar-refractivity contribution is 7.89. The van der Waals surface area contributed by atoms with Gasteiger partial charge in [-0.2, -0.15) is 0 Å². The van der Waals surface area contributed by atoms with Crippen molar-refractivity contribution in [1.29, 1.82) is 0 Å². The van der Waals surface area contributed by atoms with E-state index in [1.807, 2.05) is 0 Å². The van der Waals surface area contributed by atoms with Crippen LogP contribution in [0.1, 0.15) is 5.56 Å². The van der Waals surface area contributed by atoms with Gasteiger partial charge in [0.05, 0.1) is 10.7 Å². The van der Waals surface area contributed by atoms with Gasteiger partial charge in [0.15, 0.2) is 0 Å². The Morgan fingerprint density at radius 3 is 2.63 bits per heavy atom. The number of nitro groups is 1.